The smallest absolute Gasteiger partial charge is 0.411 e. The van der Waals surface area contributed by atoms with Crippen LogP contribution < -0.4 is 21.7 Å². The molecular weight excluding hydrogens is 622 g/mol. The van der Waals surface area contributed by atoms with E-state index in [1.54, 1.807) is 54.7 Å². The Morgan fingerprint density at radius 1 is 1.02 bits per heavy atom. The van der Waals surface area contributed by atoms with Crippen molar-refractivity contribution in [2.24, 2.45) is 0 Å². The van der Waals surface area contributed by atoms with E-state index in [0.29, 0.717) is 27.5 Å². The van der Waals surface area contributed by atoms with Gasteiger partial charge in [0.1, 0.15) is 11.9 Å². The third-order valence-corrected chi connectivity index (χ3v) is 9.45. The van der Waals surface area contributed by atoms with Crippen LogP contribution in [0.1, 0.15) is 43.5 Å². The molecule has 45 heavy (non-hydrogen) atoms. The lowest BCUT2D eigenvalue weighted by molar-refractivity contribution is -0.137. The highest BCUT2D eigenvalue weighted by atomic mass is 35.5. The number of pyridine rings is 1. The first-order valence-corrected chi connectivity index (χ1v) is 15.6. The summed E-state index contributed by atoms with van der Waals surface area (Å²) in [5.74, 6) is -1.62. The molecule has 2 amide bonds. The van der Waals surface area contributed by atoms with Crippen molar-refractivity contribution in [2.75, 3.05) is 23.5 Å². The van der Waals surface area contributed by atoms with Crippen molar-refractivity contribution in [3.8, 4) is 0 Å². The highest BCUT2D eigenvalue weighted by Crippen LogP contribution is 2.33. The van der Waals surface area contributed by atoms with Crippen LogP contribution >= 0.6 is 11.6 Å². The van der Waals surface area contributed by atoms with Crippen molar-refractivity contribution >= 4 is 67.4 Å². The van der Waals surface area contributed by atoms with E-state index in [0.717, 1.165) is 12.5 Å². The van der Waals surface area contributed by atoms with Crippen molar-refractivity contribution in [1.29, 1.82) is 0 Å². The van der Waals surface area contributed by atoms with E-state index in [4.69, 9.17) is 17.3 Å². The number of ether oxygens (including phenoxy) is 1. The second kappa shape index (κ2) is 13.8. The minimum absolute atomic E-state index is 0.0214. The van der Waals surface area contributed by atoms with Gasteiger partial charge < -0.3 is 26.2 Å². The minimum atomic E-state index is -3.96. The number of benzene rings is 3. The van der Waals surface area contributed by atoms with Crippen LogP contribution in [0.3, 0.4) is 0 Å². The van der Waals surface area contributed by atoms with Gasteiger partial charge in [-0.15, -0.1) is 0 Å². The standard InChI is InChI=1S/C31H32ClN5O7S/c1-17(2)45(42,43)26-10-8-22(36-31(41)44-3)15-24(26)25(16-27(38)39)37-30(40)28(19-5-4-6-20(32)13-19)35-21-7-9-23-18(14-21)11-12-34-29(23)33/h4-15,17,25,28,35H,16H2,1-3H3,(H2,33,34)(H,36,41)(H,37,40)(H,38,39)/t25-,28-/m1/s1. The molecule has 0 radical (unpaired) electrons. The average molecular weight is 654 g/mol. The molecule has 0 aliphatic heterocycles. The molecule has 1 heterocycles. The van der Waals surface area contributed by atoms with E-state index in [-0.39, 0.29) is 16.1 Å². The molecule has 0 bridgehead atoms. The summed E-state index contributed by atoms with van der Waals surface area (Å²) in [6.07, 6.45) is 0.0706. The number of anilines is 3. The quantitative estimate of drug-likeness (QED) is 0.142. The normalized spacial score (nSPS) is 12.7. The molecule has 0 unspecified atom stereocenters. The molecule has 2 atom stereocenters. The summed E-state index contributed by atoms with van der Waals surface area (Å²) >= 11 is 6.26. The molecule has 236 valence electrons. The van der Waals surface area contributed by atoms with Crippen LogP contribution in [0, 0.1) is 0 Å². The monoisotopic (exact) mass is 653 g/mol. The number of nitrogens with two attached hydrogens (primary N) is 1. The van der Waals surface area contributed by atoms with Gasteiger partial charge in [-0.05, 0) is 85.0 Å². The fourth-order valence-corrected chi connectivity index (χ4v) is 6.19. The third kappa shape index (κ3) is 7.80. The number of amides is 2. The largest absolute Gasteiger partial charge is 0.481 e. The van der Waals surface area contributed by atoms with Crippen LogP contribution in [-0.4, -0.2) is 48.8 Å². The Hall–Kier alpha value is -4.88. The summed E-state index contributed by atoms with van der Waals surface area (Å²) in [6, 6.07) is 15.1. The molecule has 3 aromatic carbocycles. The lowest BCUT2D eigenvalue weighted by Crippen LogP contribution is -2.37. The van der Waals surface area contributed by atoms with Crippen molar-refractivity contribution in [3.63, 3.8) is 0 Å². The maximum absolute atomic E-state index is 14.1. The number of nitrogen functional groups attached to an aromatic ring is 1. The zero-order chi connectivity index (χ0) is 32.9. The van der Waals surface area contributed by atoms with E-state index in [2.05, 4.69) is 25.7 Å². The van der Waals surface area contributed by atoms with Gasteiger partial charge >= 0.3 is 12.1 Å². The van der Waals surface area contributed by atoms with E-state index in [1.807, 2.05) is 0 Å². The molecule has 0 aliphatic carbocycles. The molecule has 12 nitrogen and oxygen atoms in total. The van der Waals surface area contributed by atoms with E-state index < -0.39 is 51.6 Å². The Labute approximate surface area is 264 Å². The molecule has 0 saturated carbocycles. The van der Waals surface area contributed by atoms with Gasteiger partial charge in [0, 0.05) is 28.0 Å². The highest BCUT2D eigenvalue weighted by molar-refractivity contribution is 7.92. The van der Waals surface area contributed by atoms with Gasteiger partial charge in [-0.2, -0.15) is 0 Å². The molecular formula is C31H32ClN5O7S. The van der Waals surface area contributed by atoms with Crippen LogP contribution in [0.2, 0.25) is 5.02 Å². The second-order valence-corrected chi connectivity index (χ2v) is 13.3. The van der Waals surface area contributed by atoms with Crippen LogP contribution in [-0.2, 0) is 24.2 Å². The number of rotatable bonds is 11. The number of fused-ring (bicyclic) bond motifs is 1. The first-order valence-electron chi connectivity index (χ1n) is 13.7. The summed E-state index contributed by atoms with van der Waals surface area (Å²) in [7, 11) is -2.80. The van der Waals surface area contributed by atoms with Gasteiger partial charge in [0.05, 0.1) is 29.7 Å². The van der Waals surface area contributed by atoms with E-state index in [1.165, 1.54) is 32.0 Å². The second-order valence-electron chi connectivity index (χ2n) is 10.4. The van der Waals surface area contributed by atoms with E-state index in [9.17, 15) is 27.9 Å². The summed E-state index contributed by atoms with van der Waals surface area (Å²) in [4.78, 5) is 41.9. The number of carboxylic acid groups (broad SMARTS) is 1. The zero-order valence-electron chi connectivity index (χ0n) is 24.6. The number of methoxy groups -OCH3 is 1. The number of nitrogens with zero attached hydrogens (tertiary/aromatic N) is 1. The molecule has 0 aliphatic rings. The fraction of sp³-hybridized carbons (Fsp3) is 0.226. The number of carbonyl (C=O) groups excluding carboxylic acids is 2. The predicted molar refractivity (Wildman–Crippen MR) is 172 cm³/mol. The lowest BCUT2D eigenvalue weighted by atomic mass is 10.00. The number of sulfone groups is 1. The highest BCUT2D eigenvalue weighted by Gasteiger charge is 2.31. The van der Waals surface area contributed by atoms with Crippen molar-refractivity contribution in [1.82, 2.24) is 10.3 Å². The Morgan fingerprint density at radius 3 is 2.42 bits per heavy atom. The maximum Gasteiger partial charge on any atom is 0.411 e. The maximum atomic E-state index is 14.1. The molecule has 6 N–H and O–H groups in total. The Balaban J connectivity index is 1.79. The van der Waals surface area contributed by atoms with Crippen molar-refractivity contribution < 1.29 is 32.6 Å². The SMILES string of the molecule is COC(=O)Nc1ccc(S(=O)(=O)C(C)C)c([C@@H](CC(=O)O)NC(=O)[C@H](Nc2ccc3c(N)nccc3c2)c2cccc(Cl)c2)c1. The molecule has 0 saturated heterocycles. The topological polar surface area (TPSA) is 190 Å². The van der Waals surface area contributed by atoms with Crippen LogP contribution in [0.4, 0.5) is 22.0 Å². The number of halogens is 1. The summed E-state index contributed by atoms with van der Waals surface area (Å²) in [6.45, 7) is 2.97. The zero-order valence-corrected chi connectivity index (χ0v) is 26.1. The molecule has 0 fully saturated rings. The molecule has 4 aromatic rings. The number of aromatic nitrogens is 1. The predicted octanol–water partition coefficient (Wildman–Crippen LogP) is 5.32. The number of carbonyl (C=O) groups is 3. The van der Waals surface area contributed by atoms with Crippen LogP contribution in [0.25, 0.3) is 10.8 Å². The molecule has 1 aromatic heterocycles. The molecule has 14 heteroatoms. The average Bonchev–Trinajstić information content (AvgIpc) is 2.99. The summed E-state index contributed by atoms with van der Waals surface area (Å²) < 4.78 is 31.4. The van der Waals surface area contributed by atoms with Crippen LogP contribution in [0.5, 0.6) is 0 Å². The van der Waals surface area contributed by atoms with Gasteiger partial charge in [0.15, 0.2) is 9.84 Å². The Kier molecular flexibility index (Phi) is 10.1. The van der Waals surface area contributed by atoms with Crippen LogP contribution in [0.15, 0.2) is 77.8 Å². The lowest BCUT2D eigenvalue weighted by Gasteiger charge is -2.26. The Morgan fingerprint density at radius 2 is 1.76 bits per heavy atom. The molecule has 4 rings (SSSR count). The Bertz CT molecular complexity index is 1870. The first kappa shape index (κ1) is 33.0. The number of carboxylic acids is 1. The van der Waals surface area contributed by atoms with Gasteiger partial charge in [0.2, 0.25) is 5.91 Å². The van der Waals surface area contributed by atoms with E-state index >= 15 is 0 Å². The number of nitrogens with one attached hydrogen (secondary N) is 3. The number of hydrogen-bond acceptors (Lipinski definition) is 9. The van der Waals surface area contributed by atoms with Gasteiger partial charge in [-0.1, -0.05) is 23.7 Å². The van der Waals surface area contributed by atoms with Crippen molar-refractivity contribution in [2.45, 2.75) is 42.5 Å². The number of aliphatic carboxylic acids is 1. The summed E-state index contributed by atoms with van der Waals surface area (Å²) in [5, 5.41) is 19.2. The number of hydrogen-bond donors (Lipinski definition) is 5. The van der Waals surface area contributed by atoms with Gasteiger partial charge in [-0.25, -0.2) is 18.2 Å². The third-order valence-electron chi connectivity index (χ3n) is 6.99. The van der Waals surface area contributed by atoms with Gasteiger partial charge in [-0.3, -0.25) is 14.9 Å². The fourth-order valence-electron chi connectivity index (χ4n) is 4.69. The van der Waals surface area contributed by atoms with Gasteiger partial charge in [0.25, 0.3) is 0 Å². The first-order chi connectivity index (χ1) is 21.3. The minimum Gasteiger partial charge on any atom is -0.481 e. The summed E-state index contributed by atoms with van der Waals surface area (Å²) in [5.41, 5.74) is 7.10. The molecule has 0 spiro atoms. The van der Waals surface area contributed by atoms with Crippen molar-refractivity contribution in [3.05, 3.63) is 89.1 Å².